The van der Waals surface area contributed by atoms with Gasteiger partial charge in [0, 0.05) is 17.9 Å². The first-order valence-electron chi connectivity index (χ1n) is 8.28. The summed E-state index contributed by atoms with van der Waals surface area (Å²) in [5.74, 6) is -0.588. The van der Waals surface area contributed by atoms with Gasteiger partial charge in [-0.1, -0.05) is 18.2 Å². The van der Waals surface area contributed by atoms with E-state index in [-0.39, 0.29) is 5.91 Å². The second kappa shape index (κ2) is 7.18. The van der Waals surface area contributed by atoms with E-state index in [1.807, 2.05) is 5.38 Å². The van der Waals surface area contributed by atoms with Crippen LogP contribution in [0.15, 0.2) is 23.6 Å². The summed E-state index contributed by atoms with van der Waals surface area (Å²) in [5, 5.41) is 5.21. The quantitative estimate of drug-likeness (QED) is 0.836. The van der Waals surface area contributed by atoms with Crippen molar-refractivity contribution in [3.63, 3.8) is 0 Å². The minimum Gasteiger partial charge on any atom is -0.462 e. The molecule has 1 aliphatic carbocycles. The van der Waals surface area contributed by atoms with Crippen LogP contribution in [0.5, 0.6) is 0 Å². The molecule has 1 N–H and O–H groups in total. The van der Waals surface area contributed by atoms with E-state index in [0.717, 1.165) is 24.0 Å². The lowest BCUT2D eigenvalue weighted by molar-refractivity contribution is -0.114. The number of esters is 1. The Balaban J connectivity index is 2.05. The maximum absolute atomic E-state index is 12.4. The molecule has 1 aliphatic rings. The Bertz CT molecular complexity index is 779. The lowest BCUT2D eigenvalue weighted by Gasteiger charge is -2.17. The Labute approximate surface area is 145 Å². The molecule has 5 heteroatoms. The van der Waals surface area contributed by atoms with E-state index in [9.17, 15) is 9.59 Å². The molecule has 0 saturated heterocycles. The normalized spacial score (nSPS) is 13.2. The van der Waals surface area contributed by atoms with E-state index in [0.29, 0.717) is 17.2 Å². The molecule has 1 heterocycles. The van der Waals surface area contributed by atoms with Gasteiger partial charge in [-0.3, -0.25) is 4.79 Å². The van der Waals surface area contributed by atoms with E-state index in [1.165, 1.54) is 42.2 Å². The molecule has 0 fully saturated rings. The smallest absolute Gasteiger partial charge is 0.341 e. The predicted octanol–water partition coefficient (Wildman–Crippen LogP) is 4.43. The van der Waals surface area contributed by atoms with E-state index < -0.39 is 5.97 Å². The molecule has 0 saturated carbocycles. The third kappa shape index (κ3) is 3.36. The maximum atomic E-state index is 12.4. The summed E-state index contributed by atoms with van der Waals surface area (Å²) in [6, 6.07) is 6.40. The minimum absolute atomic E-state index is 0.195. The van der Waals surface area contributed by atoms with Crippen molar-refractivity contribution in [2.24, 2.45) is 0 Å². The number of amides is 1. The fourth-order valence-corrected chi connectivity index (χ4v) is 4.13. The second-order valence-electron chi connectivity index (χ2n) is 5.95. The van der Waals surface area contributed by atoms with E-state index in [2.05, 4.69) is 23.5 Å². The fraction of sp³-hybridized carbons (Fsp3) is 0.368. The first kappa shape index (κ1) is 16.7. The first-order chi connectivity index (χ1) is 11.6. The highest BCUT2D eigenvalue weighted by atomic mass is 32.1. The Morgan fingerprint density at radius 1 is 1.21 bits per heavy atom. The standard InChI is InChI=1S/C19H21NO3S/c1-3-23-19(22)17-16(11-24-18(17)20-12(2)21)15-9-8-13-6-4-5-7-14(13)10-15/h8-11H,3-7H2,1-2H3,(H,20,21). The number of hydrogen-bond donors (Lipinski definition) is 1. The summed E-state index contributed by atoms with van der Waals surface area (Å²) < 4.78 is 5.20. The Morgan fingerprint density at radius 2 is 1.96 bits per heavy atom. The number of thiophene rings is 1. The molecule has 2 aromatic rings. The van der Waals surface area contributed by atoms with Gasteiger partial charge in [0.1, 0.15) is 10.6 Å². The zero-order valence-electron chi connectivity index (χ0n) is 14.0. The summed E-state index contributed by atoms with van der Waals surface area (Å²) in [7, 11) is 0. The molecule has 1 aromatic carbocycles. The topological polar surface area (TPSA) is 55.4 Å². The highest BCUT2D eigenvalue weighted by Gasteiger charge is 2.23. The van der Waals surface area contributed by atoms with Crippen molar-refractivity contribution in [3.8, 4) is 11.1 Å². The van der Waals surface area contributed by atoms with Crippen LogP contribution in [0.4, 0.5) is 5.00 Å². The fourth-order valence-electron chi connectivity index (χ4n) is 3.13. The van der Waals surface area contributed by atoms with Gasteiger partial charge < -0.3 is 10.1 Å². The van der Waals surface area contributed by atoms with E-state index in [4.69, 9.17) is 4.74 Å². The predicted molar refractivity (Wildman–Crippen MR) is 96.7 cm³/mol. The number of nitrogens with one attached hydrogen (secondary N) is 1. The molecule has 4 nitrogen and oxygen atoms in total. The summed E-state index contributed by atoms with van der Waals surface area (Å²) >= 11 is 1.36. The molecule has 0 spiro atoms. The number of ether oxygens (including phenoxy) is 1. The summed E-state index contributed by atoms with van der Waals surface area (Å²) in [6.07, 6.45) is 4.66. The molecule has 0 atom stereocenters. The Hall–Kier alpha value is -2.14. The van der Waals surface area contributed by atoms with E-state index in [1.54, 1.807) is 6.92 Å². The molecule has 126 valence electrons. The van der Waals surface area contributed by atoms with Gasteiger partial charge in [-0.2, -0.15) is 0 Å². The molecule has 3 rings (SSSR count). The average molecular weight is 343 g/mol. The van der Waals surface area contributed by atoms with Gasteiger partial charge >= 0.3 is 5.97 Å². The number of benzene rings is 1. The summed E-state index contributed by atoms with van der Waals surface area (Å²) in [5.41, 5.74) is 5.05. The van der Waals surface area contributed by atoms with Crippen molar-refractivity contribution >= 4 is 28.2 Å². The van der Waals surface area contributed by atoms with Crippen molar-refractivity contribution in [2.45, 2.75) is 39.5 Å². The molecule has 0 radical (unpaired) electrons. The number of hydrogen-bond acceptors (Lipinski definition) is 4. The SMILES string of the molecule is CCOC(=O)c1c(-c2ccc3c(c2)CCCC3)csc1NC(C)=O. The molecule has 1 amide bonds. The van der Waals surface area contributed by atoms with Crippen LogP contribution in [0.2, 0.25) is 0 Å². The summed E-state index contributed by atoms with van der Waals surface area (Å²) in [4.78, 5) is 23.9. The van der Waals surface area contributed by atoms with Crippen LogP contribution in [-0.4, -0.2) is 18.5 Å². The van der Waals surface area contributed by atoms with Crippen LogP contribution >= 0.6 is 11.3 Å². The van der Waals surface area contributed by atoms with E-state index >= 15 is 0 Å². The molecule has 0 aliphatic heterocycles. The van der Waals surface area contributed by atoms with Crippen LogP contribution in [-0.2, 0) is 22.4 Å². The number of anilines is 1. The monoisotopic (exact) mass is 343 g/mol. The average Bonchev–Trinajstić information content (AvgIpc) is 2.97. The van der Waals surface area contributed by atoms with Gasteiger partial charge in [-0.25, -0.2) is 4.79 Å². The number of rotatable bonds is 4. The van der Waals surface area contributed by atoms with Crippen LogP contribution in [0.25, 0.3) is 11.1 Å². The van der Waals surface area contributed by atoms with Gasteiger partial charge in [-0.05, 0) is 49.3 Å². The molecule has 0 bridgehead atoms. The van der Waals surface area contributed by atoms with Gasteiger partial charge in [0.05, 0.1) is 6.61 Å². The van der Waals surface area contributed by atoms with Gasteiger partial charge in [0.25, 0.3) is 0 Å². The van der Waals surface area contributed by atoms with Crippen molar-refractivity contribution in [3.05, 3.63) is 40.3 Å². The maximum Gasteiger partial charge on any atom is 0.341 e. The second-order valence-corrected chi connectivity index (χ2v) is 6.83. The Kier molecular flexibility index (Phi) is 5.00. The largest absolute Gasteiger partial charge is 0.462 e. The molecular formula is C19H21NO3S. The van der Waals surface area contributed by atoms with Crippen molar-refractivity contribution in [1.29, 1.82) is 0 Å². The number of fused-ring (bicyclic) bond motifs is 1. The van der Waals surface area contributed by atoms with Crippen molar-refractivity contribution in [2.75, 3.05) is 11.9 Å². The number of carbonyl (C=O) groups is 2. The van der Waals surface area contributed by atoms with Gasteiger partial charge in [-0.15, -0.1) is 11.3 Å². The highest BCUT2D eigenvalue weighted by molar-refractivity contribution is 7.15. The third-order valence-corrected chi connectivity index (χ3v) is 5.12. The van der Waals surface area contributed by atoms with Crippen molar-refractivity contribution in [1.82, 2.24) is 0 Å². The van der Waals surface area contributed by atoms with Crippen LogP contribution in [0, 0.1) is 0 Å². The van der Waals surface area contributed by atoms with Gasteiger partial charge in [0.15, 0.2) is 0 Å². The zero-order valence-corrected chi connectivity index (χ0v) is 14.8. The Morgan fingerprint density at radius 3 is 2.67 bits per heavy atom. The third-order valence-electron chi connectivity index (χ3n) is 4.22. The molecule has 24 heavy (non-hydrogen) atoms. The minimum atomic E-state index is -0.393. The lowest BCUT2D eigenvalue weighted by atomic mass is 9.89. The van der Waals surface area contributed by atoms with Crippen LogP contribution in [0.3, 0.4) is 0 Å². The number of aryl methyl sites for hydroxylation is 2. The lowest BCUT2D eigenvalue weighted by Crippen LogP contribution is -2.11. The molecular weight excluding hydrogens is 322 g/mol. The van der Waals surface area contributed by atoms with Crippen LogP contribution < -0.4 is 5.32 Å². The summed E-state index contributed by atoms with van der Waals surface area (Å²) in [6.45, 7) is 3.52. The zero-order chi connectivity index (χ0) is 17.1. The van der Waals surface area contributed by atoms with Crippen molar-refractivity contribution < 1.29 is 14.3 Å². The molecule has 1 aromatic heterocycles. The number of carbonyl (C=O) groups excluding carboxylic acids is 2. The van der Waals surface area contributed by atoms with Gasteiger partial charge in [0.2, 0.25) is 5.91 Å². The molecule has 0 unspecified atom stereocenters. The van der Waals surface area contributed by atoms with Crippen LogP contribution in [0.1, 0.15) is 48.2 Å². The first-order valence-corrected chi connectivity index (χ1v) is 9.16. The highest BCUT2D eigenvalue weighted by Crippen LogP contribution is 2.37.